The van der Waals surface area contributed by atoms with Crippen molar-refractivity contribution in [1.82, 2.24) is 24.6 Å². The second kappa shape index (κ2) is 9.10. The first kappa shape index (κ1) is 21.8. The maximum absolute atomic E-state index is 9.17. The van der Waals surface area contributed by atoms with E-state index in [4.69, 9.17) is 10.00 Å². The van der Waals surface area contributed by atoms with Gasteiger partial charge in [0.2, 0.25) is 0 Å². The van der Waals surface area contributed by atoms with E-state index in [9.17, 15) is 0 Å². The van der Waals surface area contributed by atoms with Crippen LogP contribution in [0.1, 0.15) is 42.9 Å². The predicted octanol–water partition coefficient (Wildman–Crippen LogP) is 5.32. The molecule has 0 radical (unpaired) electrons. The van der Waals surface area contributed by atoms with Crippen molar-refractivity contribution in [3.63, 3.8) is 0 Å². The standard InChI is InChI=1S/C26H27N7O/c1-16-10-23(24(15-28-16)34-22-6-4-19(14-27)5-7-22)20-8-9-33-21(12-20)13-26(32-33)31-25-11-17(2)29-18(3)30-25/h8-13,15,19,22H,4-7H2,1-3H3,(H,29,30,31,32). The van der Waals surface area contributed by atoms with Gasteiger partial charge in [-0.15, -0.1) is 0 Å². The van der Waals surface area contributed by atoms with Crippen molar-refractivity contribution in [2.24, 2.45) is 5.92 Å². The van der Waals surface area contributed by atoms with Gasteiger partial charge in [-0.2, -0.15) is 10.4 Å². The van der Waals surface area contributed by atoms with Crippen LogP contribution in [0.2, 0.25) is 0 Å². The lowest BCUT2D eigenvalue weighted by Gasteiger charge is -2.26. The third-order valence-corrected chi connectivity index (χ3v) is 6.15. The molecule has 0 aliphatic heterocycles. The number of aromatic nitrogens is 5. The van der Waals surface area contributed by atoms with Crippen LogP contribution in [0.3, 0.4) is 0 Å². The first-order valence-corrected chi connectivity index (χ1v) is 11.6. The van der Waals surface area contributed by atoms with Gasteiger partial charge in [-0.25, -0.2) is 14.5 Å². The van der Waals surface area contributed by atoms with Gasteiger partial charge in [0.15, 0.2) is 5.82 Å². The summed E-state index contributed by atoms with van der Waals surface area (Å²) in [4.78, 5) is 13.2. The van der Waals surface area contributed by atoms with Crippen LogP contribution in [0, 0.1) is 38.0 Å². The number of hydrogen-bond acceptors (Lipinski definition) is 7. The fourth-order valence-corrected chi connectivity index (χ4v) is 4.49. The fraction of sp³-hybridized carbons (Fsp3) is 0.346. The van der Waals surface area contributed by atoms with E-state index in [2.05, 4.69) is 43.6 Å². The van der Waals surface area contributed by atoms with Crippen molar-refractivity contribution in [3.05, 3.63) is 59.9 Å². The van der Waals surface area contributed by atoms with Gasteiger partial charge in [0.1, 0.15) is 17.4 Å². The Balaban J connectivity index is 1.41. The molecule has 0 atom stereocenters. The zero-order chi connectivity index (χ0) is 23.7. The van der Waals surface area contributed by atoms with Gasteiger partial charge in [0.25, 0.3) is 0 Å². The number of nitrogens with zero attached hydrogens (tertiary/aromatic N) is 6. The van der Waals surface area contributed by atoms with E-state index in [1.165, 1.54) is 0 Å². The molecule has 0 unspecified atom stereocenters. The zero-order valence-electron chi connectivity index (χ0n) is 19.6. The summed E-state index contributed by atoms with van der Waals surface area (Å²) in [7, 11) is 0. The minimum absolute atomic E-state index is 0.113. The molecule has 1 saturated carbocycles. The van der Waals surface area contributed by atoms with Crippen molar-refractivity contribution >= 4 is 17.2 Å². The quantitative estimate of drug-likeness (QED) is 0.436. The fourth-order valence-electron chi connectivity index (χ4n) is 4.49. The second-order valence-electron chi connectivity index (χ2n) is 8.92. The highest BCUT2D eigenvalue weighted by molar-refractivity contribution is 5.75. The Morgan fingerprint density at radius 3 is 2.59 bits per heavy atom. The highest BCUT2D eigenvalue weighted by Crippen LogP contribution is 2.34. The number of nitriles is 1. The number of rotatable bonds is 5. The van der Waals surface area contributed by atoms with Crippen LogP contribution in [-0.2, 0) is 0 Å². The molecule has 0 spiro atoms. The van der Waals surface area contributed by atoms with Crippen LogP contribution in [0.4, 0.5) is 11.6 Å². The molecule has 8 nitrogen and oxygen atoms in total. The van der Waals surface area contributed by atoms with E-state index < -0.39 is 0 Å². The van der Waals surface area contributed by atoms with Gasteiger partial charge >= 0.3 is 0 Å². The Kier molecular flexibility index (Phi) is 5.84. The summed E-state index contributed by atoms with van der Waals surface area (Å²) >= 11 is 0. The molecule has 5 rings (SSSR count). The number of ether oxygens (including phenoxy) is 1. The SMILES string of the molecule is Cc1cc(-c2ccn3nc(Nc4cc(C)nc(C)n4)cc3c2)c(OC2CCC(C#N)CC2)cn1. The first-order valence-electron chi connectivity index (χ1n) is 11.6. The van der Waals surface area contributed by atoms with E-state index in [0.29, 0.717) is 5.82 Å². The Hall–Kier alpha value is -3.99. The van der Waals surface area contributed by atoms with Gasteiger partial charge in [0, 0.05) is 41.2 Å². The normalized spacial score (nSPS) is 17.9. The average Bonchev–Trinajstić information content (AvgIpc) is 3.21. The maximum Gasteiger partial charge on any atom is 0.154 e. The Morgan fingerprint density at radius 2 is 1.82 bits per heavy atom. The minimum atomic E-state index is 0.113. The predicted molar refractivity (Wildman–Crippen MR) is 130 cm³/mol. The molecule has 0 amide bonds. The van der Waals surface area contributed by atoms with Crippen molar-refractivity contribution in [1.29, 1.82) is 5.26 Å². The highest BCUT2D eigenvalue weighted by Gasteiger charge is 2.23. The van der Waals surface area contributed by atoms with Gasteiger partial charge in [-0.1, -0.05) is 0 Å². The Labute approximate surface area is 198 Å². The minimum Gasteiger partial charge on any atom is -0.488 e. The van der Waals surface area contributed by atoms with Crippen LogP contribution in [0.15, 0.2) is 42.7 Å². The Morgan fingerprint density at radius 1 is 1.00 bits per heavy atom. The molecule has 34 heavy (non-hydrogen) atoms. The van der Waals surface area contributed by atoms with Crippen LogP contribution in [0.5, 0.6) is 5.75 Å². The molecular formula is C26H27N7O. The molecular weight excluding hydrogens is 426 g/mol. The third-order valence-electron chi connectivity index (χ3n) is 6.15. The summed E-state index contributed by atoms with van der Waals surface area (Å²) in [6.07, 6.45) is 7.44. The van der Waals surface area contributed by atoms with Gasteiger partial charge in [-0.05, 0) is 70.2 Å². The number of hydrogen-bond donors (Lipinski definition) is 1. The monoisotopic (exact) mass is 453 g/mol. The highest BCUT2D eigenvalue weighted by atomic mass is 16.5. The van der Waals surface area contributed by atoms with Gasteiger partial charge in [-0.3, -0.25) is 4.98 Å². The van der Waals surface area contributed by atoms with E-state index >= 15 is 0 Å². The molecule has 1 aliphatic rings. The van der Waals surface area contributed by atoms with Crippen molar-refractivity contribution in [2.45, 2.75) is 52.6 Å². The maximum atomic E-state index is 9.17. The molecule has 8 heteroatoms. The van der Waals surface area contributed by atoms with Crippen LogP contribution >= 0.6 is 0 Å². The molecule has 172 valence electrons. The van der Waals surface area contributed by atoms with Crippen LogP contribution < -0.4 is 10.1 Å². The first-order chi connectivity index (χ1) is 16.5. The Bertz CT molecular complexity index is 1360. The molecule has 4 aromatic heterocycles. The summed E-state index contributed by atoms with van der Waals surface area (Å²) in [5.41, 5.74) is 4.84. The topological polar surface area (TPSA) is 101 Å². The summed E-state index contributed by atoms with van der Waals surface area (Å²) in [6, 6.07) is 12.5. The average molecular weight is 454 g/mol. The summed E-state index contributed by atoms with van der Waals surface area (Å²) in [6.45, 7) is 5.80. The number of anilines is 2. The second-order valence-corrected chi connectivity index (χ2v) is 8.92. The molecule has 1 aliphatic carbocycles. The molecule has 0 bridgehead atoms. The largest absolute Gasteiger partial charge is 0.488 e. The number of pyridine rings is 2. The van der Waals surface area contributed by atoms with Crippen LogP contribution in [-0.4, -0.2) is 30.7 Å². The van der Waals surface area contributed by atoms with E-state index in [1.54, 1.807) is 0 Å². The lowest BCUT2D eigenvalue weighted by molar-refractivity contribution is 0.143. The lowest BCUT2D eigenvalue weighted by Crippen LogP contribution is -2.23. The van der Waals surface area contributed by atoms with Crippen LogP contribution in [0.25, 0.3) is 16.6 Å². The lowest BCUT2D eigenvalue weighted by atomic mass is 9.88. The van der Waals surface area contributed by atoms with E-state index in [0.717, 1.165) is 71.1 Å². The number of fused-ring (bicyclic) bond motifs is 1. The van der Waals surface area contributed by atoms with Crippen molar-refractivity contribution in [3.8, 4) is 22.9 Å². The van der Waals surface area contributed by atoms with E-state index in [-0.39, 0.29) is 12.0 Å². The van der Waals surface area contributed by atoms with Gasteiger partial charge < -0.3 is 10.1 Å². The van der Waals surface area contributed by atoms with Crippen molar-refractivity contribution in [2.75, 3.05) is 5.32 Å². The summed E-state index contributed by atoms with van der Waals surface area (Å²) in [5, 5.41) is 17.1. The smallest absolute Gasteiger partial charge is 0.154 e. The van der Waals surface area contributed by atoms with E-state index in [1.807, 2.05) is 55.9 Å². The number of nitrogens with one attached hydrogen (secondary N) is 1. The molecule has 4 aromatic rings. The summed E-state index contributed by atoms with van der Waals surface area (Å²) in [5.74, 6) is 3.08. The molecule has 4 heterocycles. The van der Waals surface area contributed by atoms with Crippen molar-refractivity contribution < 1.29 is 4.74 Å². The molecule has 1 fully saturated rings. The molecule has 0 aromatic carbocycles. The zero-order valence-corrected chi connectivity index (χ0v) is 19.6. The molecule has 1 N–H and O–H groups in total. The van der Waals surface area contributed by atoms with Gasteiger partial charge in [0.05, 0.1) is 23.9 Å². The third kappa shape index (κ3) is 4.69. The summed E-state index contributed by atoms with van der Waals surface area (Å²) < 4.78 is 8.22. The number of aryl methyl sites for hydroxylation is 3. The molecule has 0 saturated heterocycles.